The largest absolute Gasteiger partial charge is 0.468 e. The number of hydrogen-bond acceptors (Lipinski definition) is 6. The molecular formula is C11H14N2O6S. The van der Waals surface area contributed by atoms with Crippen LogP contribution in [0.5, 0.6) is 0 Å². The molecule has 0 aliphatic rings. The fourth-order valence-electron chi connectivity index (χ4n) is 1.48. The monoisotopic (exact) mass is 302 g/mol. The molecule has 0 amide bonds. The summed E-state index contributed by atoms with van der Waals surface area (Å²) in [7, 11) is -2.91. The number of carbonyl (C=O) groups excluding carboxylic acids is 1. The van der Waals surface area contributed by atoms with Crippen molar-refractivity contribution in [3.8, 4) is 0 Å². The summed E-state index contributed by atoms with van der Waals surface area (Å²) in [6, 6.07) is 2.41. The van der Waals surface area contributed by atoms with Gasteiger partial charge in [-0.15, -0.1) is 0 Å². The molecule has 0 bridgehead atoms. The third-order valence-electron chi connectivity index (χ3n) is 2.57. The number of ether oxygens (including phenoxy) is 1. The van der Waals surface area contributed by atoms with E-state index in [9.17, 15) is 23.3 Å². The summed E-state index contributed by atoms with van der Waals surface area (Å²) in [5, 5.41) is 10.8. The smallest absolute Gasteiger partial charge is 0.323 e. The molecule has 0 saturated heterocycles. The summed E-state index contributed by atoms with van der Waals surface area (Å²) in [6.45, 7) is 2.81. The molecule has 1 aromatic carbocycles. The van der Waals surface area contributed by atoms with Gasteiger partial charge in [-0.2, -0.15) is 4.72 Å². The Balaban J connectivity index is 3.13. The molecule has 0 heterocycles. The van der Waals surface area contributed by atoms with Crippen molar-refractivity contribution in [3.05, 3.63) is 33.9 Å². The lowest BCUT2D eigenvalue weighted by atomic mass is 10.2. The molecule has 1 N–H and O–H groups in total. The Kier molecular flexibility index (Phi) is 4.79. The van der Waals surface area contributed by atoms with Gasteiger partial charge in [0.05, 0.1) is 16.9 Å². The van der Waals surface area contributed by atoms with E-state index < -0.39 is 27.0 Å². The lowest BCUT2D eigenvalue weighted by molar-refractivity contribution is -0.385. The lowest BCUT2D eigenvalue weighted by Gasteiger charge is -2.12. The highest BCUT2D eigenvalue weighted by atomic mass is 32.2. The Morgan fingerprint density at radius 3 is 2.55 bits per heavy atom. The fourth-order valence-corrected chi connectivity index (χ4v) is 2.69. The summed E-state index contributed by atoms with van der Waals surface area (Å²) in [6.07, 6.45) is 0. The van der Waals surface area contributed by atoms with Crippen molar-refractivity contribution in [1.29, 1.82) is 0 Å². The summed E-state index contributed by atoms with van der Waals surface area (Å²) >= 11 is 0. The maximum Gasteiger partial charge on any atom is 0.323 e. The van der Waals surface area contributed by atoms with Gasteiger partial charge in [0.25, 0.3) is 5.69 Å². The van der Waals surface area contributed by atoms with Crippen LogP contribution in [0.15, 0.2) is 23.1 Å². The Morgan fingerprint density at radius 2 is 2.05 bits per heavy atom. The number of carbonyl (C=O) groups is 1. The molecule has 0 spiro atoms. The molecule has 0 saturated carbocycles. The number of hydrogen-bond donors (Lipinski definition) is 1. The number of rotatable bonds is 5. The second-order valence-corrected chi connectivity index (χ2v) is 5.79. The molecular weight excluding hydrogens is 288 g/mol. The van der Waals surface area contributed by atoms with Gasteiger partial charge >= 0.3 is 5.97 Å². The average molecular weight is 302 g/mol. The third kappa shape index (κ3) is 3.52. The molecule has 20 heavy (non-hydrogen) atoms. The summed E-state index contributed by atoms with van der Waals surface area (Å²) in [5.41, 5.74) is 0.0357. The fraction of sp³-hybridized carbons (Fsp3) is 0.364. The first-order chi connectivity index (χ1) is 9.19. The first kappa shape index (κ1) is 16.1. The molecule has 0 aliphatic carbocycles. The van der Waals surface area contributed by atoms with E-state index in [0.717, 1.165) is 13.2 Å². The minimum absolute atomic E-state index is 0.287. The normalized spacial score (nSPS) is 12.8. The second kappa shape index (κ2) is 5.97. The first-order valence-corrected chi connectivity index (χ1v) is 7.02. The molecule has 1 unspecified atom stereocenters. The number of benzene rings is 1. The van der Waals surface area contributed by atoms with Crippen LogP contribution in [-0.4, -0.2) is 32.5 Å². The van der Waals surface area contributed by atoms with Crippen molar-refractivity contribution in [1.82, 2.24) is 4.72 Å². The summed E-state index contributed by atoms with van der Waals surface area (Å²) in [5.74, 6) is -0.754. The molecule has 0 aromatic heterocycles. The number of nitrogens with zero attached hydrogens (tertiary/aromatic N) is 1. The van der Waals surface area contributed by atoms with Crippen molar-refractivity contribution < 1.29 is 22.9 Å². The van der Waals surface area contributed by atoms with Gasteiger partial charge in [-0.05, 0) is 19.9 Å². The highest BCUT2D eigenvalue weighted by Gasteiger charge is 2.24. The van der Waals surface area contributed by atoms with Crippen LogP contribution in [0.4, 0.5) is 5.69 Å². The number of nitro benzene ring substituents is 1. The molecule has 1 rings (SSSR count). The Bertz CT molecular complexity index is 640. The molecule has 1 atom stereocenters. The van der Waals surface area contributed by atoms with Crippen LogP contribution in [0, 0.1) is 17.0 Å². The Labute approximate surface area is 115 Å². The van der Waals surface area contributed by atoms with Crippen molar-refractivity contribution in [3.63, 3.8) is 0 Å². The van der Waals surface area contributed by atoms with Crippen molar-refractivity contribution in [2.45, 2.75) is 24.8 Å². The number of nitro groups is 1. The minimum Gasteiger partial charge on any atom is -0.468 e. The van der Waals surface area contributed by atoms with Gasteiger partial charge in [0.1, 0.15) is 6.04 Å². The van der Waals surface area contributed by atoms with E-state index >= 15 is 0 Å². The Hall–Kier alpha value is -2.00. The topological polar surface area (TPSA) is 116 Å². The third-order valence-corrected chi connectivity index (χ3v) is 4.11. The maximum atomic E-state index is 12.0. The zero-order valence-electron chi connectivity index (χ0n) is 11.1. The van der Waals surface area contributed by atoms with Crippen molar-refractivity contribution in [2.75, 3.05) is 7.11 Å². The van der Waals surface area contributed by atoms with E-state index in [4.69, 9.17) is 0 Å². The molecule has 110 valence electrons. The molecule has 0 aliphatic heterocycles. The average Bonchev–Trinajstić information content (AvgIpc) is 2.36. The number of sulfonamides is 1. The van der Waals surface area contributed by atoms with Crippen molar-refractivity contribution in [2.24, 2.45) is 0 Å². The number of nitrogens with one attached hydrogen (secondary N) is 1. The van der Waals surface area contributed by atoms with Crippen molar-refractivity contribution >= 4 is 21.7 Å². The standard InChI is InChI=1S/C11H14N2O6S/c1-7-4-5-9(6-10(7)13(15)16)20(17,18)12-8(2)11(14)19-3/h4-6,8,12H,1-3H3. The minimum atomic E-state index is -4.04. The number of esters is 1. The van der Waals surface area contributed by atoms with Gasteiger partial charge in [-0.3, -0.25) is 14.9 Å². The molecule has 0 radical (unpaired) electrons. The van der Waals surface area contributed by atoms with E-state index in [1.54, 1.807) is 0 Å². The van der Waals surface area contributed by atoms with E-state index in [2.05, 4.69) is 9.46 Å². The van der Waals surface area contributed by atoms with Crippen LogP contribution < -0.4 is 4.72 Å². The van der Waals surface area contributed by atoms with Gasteiger partial charge in [0.2, 0.25) is 10.0 Å². The van der Waals surface area contributed by atoms with Crippen LogP contribution in [0.2, 0.25) is 0 Å². The van der Waals surface area contributed by atoms with Crippen LogP contribution in [0.25, 0.3) is 0 Å². The van der Waals surface area contributed by atoms with Crippen LogP contribution in [0.1, 0.15) is 12.5 Å². The highest BCUT2D eigenvalue weighted by molar-refractivity contribution is 7.89. The highest BCUT2D eigenvalue weighted by Crippen LogP contribution is 2.22. The van der Waals surface area contributed by atoms with E-state index in [1.807, 2.05) is 0 Å². The predicted octanol–water partition coefficient (Wildman–Crippen LogP) is 0.743. The second-order valence-electron chi connectivity index (χ2n) is 4.07. The molecule has 9 heteroatoms. The molecule has 0 fully saturated rings. The van der Waals surface area contributed by atoms with Crippen LogP contribution in [-0.2, 0) is 19.6 Å². The number of methoxy groups -OCH3 is 1. The van der Waals surface area contributed by atoms with Gasteiger partial charge in [-0.1, -0.05) is 6.07 Å². The number of aryl methyl sites for hydroxylation is 1. The first-order valence-electron chi connectivity index (χ1n) is 5.54. The maximum absolute atomic E-state index is 12.0. The zero-order chi connectivity index (χ0) is 15.5. The van der Waals surface area contributed by atoms with Gasteiger partial charge in [-0.25, -0.2) is 8.42 Å². The summed E-state index contributed by atoms with van der Waals surface area (Å²) in [4.78, 5) is 21.0. The van der Waals surface area contributed by atoms with Crippen LogP contribution >= 0.6 is 0 Å². The van der Waals surface area contributed by atoms with Crippen LogP contribution in [0.3, 0.4) is 0 Å². The molecule has 8 nitrogen and oxygen atoms in total. The van der Waals surface area contributed by atoms with Gasteiger partial charge in [0, 0.05) is 11.6 Å². The predicted molar refractivity (Wildman–Crippen MR) is 69.6 cm³/mol. The summed E-state index contributed by atoms with van der Waals surface area (Å²) < 4.78 is 30.5. The van der Waals surface area contributed by atoms with E-state index in [1.165, 1.54) is 26.0 Å². The quantitative estimate of drug-likeness (QED) is 0.487. The Morgan fingerprint density at radius 1 is 1.45 bits per heavy atom. The zero-order valence-corrected chi connectivity index (χ0v) is 11.9. The van der Waals surface area contributed by atoms with E-state index in [0.29, 0.717) is 5.56 Å². The SMILES string of the molecule is COC(=O)C(C)NS(=O)(=O)c1ccc(C)c([N+](=O)[O-])c1. The van der Waals surface area contributed by atoms with Gasteiger partial charge in [0.15, 0.2) is 0 Å². The van der Waals surface area contributed by atoms with Gasteiger partial charge < -0.3 is 4.74 Å². The lowest BCUT2D eigenvalue weighted by Crippen LogP contribution is -2.39. The van der Waals surface area contributed by atoms with E-state index in [-0.39, 0.29) is 10.6 Å². The molecule has 1 aromatic rings.